The Morgan fingerprint density at radius 1 is 1.44 bits per heavy atom. The zero-order valence-electron chi connectivity index (χ0n) is 9.74. The van der Waals surface area contributed by atoms with E-state index in [-0.39, 0.29) is 5.54 Å². The van der Waals surface area contributed by atoms with Gasteiger partial charge < -0.3 is 0 Å². The molecule has 0 aliphatic heterocycles. The van der Waals surface area contributed by atoms with Gasteiger partial charge in [0.1, 0.15) is 5.69 Å². The van der Waals surface area contributed by atoms with Gasteiger partial charge in [-0.25, -0.2) is 4.98 Å². The summed E-state index contributed by atoms with van der Waals surface area (Å²) in [7, 11) is 0. The largest absolute Gasteiger partial charge is 0.293 e. The lowest BCUT2D eigenvalue weighted by atomic mass is 10.1. The first-order valence-electron chi connectivity index (χ1n) is 5.00. The molecule has 6 heteroatoms. The van der Waals surface area contributed by atoms with Crippen molar-refractivity contribution < 1.29 is 0 Å². The Hall–Kier alpha value is -1.01. The number of thiazole rings is 1. The lowest BCUT2D eigenvalue weighted by Crippen LogP contribution is -2.23. The van der Waals surface area contributed by atoms with Gasteiger partial charge in [-0.3, -0.25) is 9.67 Å². The molecule has 1 N–H and O–H groups in total. The maximum absolute atomic E-state index is 5.25. The molecule has 2 heterocycles. The van der Waals surface area contributed by atoms with Gasteiger partial charge in [0.25, 0.3) is 0 Å². The molecule has 4 nitrogen and oxygen atoms in total. The second kappa shape index (κ2) is 3.78. The van der Waals surface area contributed by atoms with Crippen molar-refractivity contribution in [3.05, 3.63) is 15.2 Å². The molecular formula is C10H14N4S2. The highest BCUT2D eigenvalue weighted by molar-refractivity contribution is 7.71. The van der Waals surface area contributed by atoms with Crippen molar-refractivity contribution >= 4 is 23.6 Å². The van der Waals surface area contributed by atoms with Crippen molar-refractivity contribution in [2.75, 3.05) is 0 Å². The Morgan fingerprint density at radius 2 is 2.12 bits per heavy atom. The molecule has 2 aromatic heterocycles. The van der Waals surface area contributed by atoms with Crippen molar-refractivity contribution in [2.45, 2.75) is 33.2 Å². The van der Waals surface area contributed by atoms with E-state index >= 15 is 0 Å². The van der Waals surface area contributed by atoms with Crippen LogP contribution in [0.5, 0.6) is 0 Å². The summed E-state index contributed by atoms with van der Waals surface area (Å²) in [5.74, 6) is 0.807. The number of nitrogens with zero attached hydrogens (tertiary/aromatic N) is 3. The van der Waals surface area contributed by atoms with Gasteiger partial charge in [0.05, 0.1) is 5.01 Å². The van der Waals surface area contributed by atoms with Gasteiger partial charge in [-0.15, -0.1) is 11.3 Å². The van der Waals surface area contributed by atoms with Gasteiger partial charge in [0.15, 0.2) is 10.6 Å². The topological polar surface area (TPSA) is 46.5 Å². The Morgan fingerprint density at radius 3 is 2.62 bits per heavy atom. The minimum atomic E-state index is -0.100. The number of aromatic nitrogens is 4. The predicted octanol–water partition coefficient (Wildman–Crippen LogP) is 3.13. The van der Waals surface area contributed by atoms with Gasteiger partial charge >= 0.3 is 0 Å². The van der Waals surface area contributed by atoms with Crippen LogP contribution in [0.3, 0.4) is 0 Å². The highest BCUT2D eigenvalue weighted by Crippen LogP contribution is 2.25. The van der Waals surface area contributed by atoms with Gasteiger partial charge in [-0.2, -0.15) is 5.10 Å². The van der Waals surface area contributed by atoms with Crippen LogP contribution in [0.25, 0.3) is 11.5 Å². The summed E-state index contributed by atoms with van der Waals surface area (Å²) in [6, 6.07) is 0. The van der Waals surface area contributed by atoms with E-state index in [1.54, 1.807) is 11.3 Å². The van der Waals surface area contributed by atoms with Crippen molar-refractivity contribution in [1.29, 1.82) is 0 Å². The minimum absolute atomic E-state index is 0.100. The Bertz CT molecular complexity index is 556. The summed E-state index contributed by atoms with van der Waals surface area (Å²) in [6.07, 6.45) is 0. The smallest absolute Gasteiger partial charge is 0.195 e. The molecule has 0 fully saturated rings. The van der Waals surface area contributed by atoms with E-state index in [1.165, 1.54) is 0 Å². The second-order valence-electron chi connectivity index (χ2n) is 4.61. The minimum Gasteiger partial charge on any atom is -0.293 e. The molecule has 2 aromatic rings. The van der Waals surface area contributed by atoms with Crippen LogP contribution in [0.4, 0.5) is 0 Å². The summed E-state index contributed by atoms with van der Waals surface area (Å²) in [5, 5.41) is 10.1. The maximum atomic E-state index is 5.25. The molecule has 0 atom stereocenters. The van der Waals surface area contributed by atoms with Crippen LogP contribution >= 0.6 is 23.6 Å². The maximum Gasteiger partial charge on any atom is 0.195 e. The number of H-pyrrole nitrogens is 1. The number of aryl methyl sites for hydroxylation is 1. The molecule has 0 spiro atoms. The first-order chi connectivity index (χ1) is 7.39. The van der Waals surface area contributed by atoms with E-state index in [1.807, 2.05) is 16.9 Å². The Balaban J connectivity index is 2.63. The second-order valence-corrected chi connectivity index (χ2v) is 6.06. The van der Waals surface area contributed by atoms with E-state index in [2.05, 4.69) is 36.0 Å². The fourth-order valence-electron chi connectivity index (χ4n) is 1.56. The highest BCUT2D eigenvalue weighted by Gasteiger charge is 2.21. The van der Waals surface area contributed by atoms with E-state index in [4.69, 9.17) is 12.2 Å². The van der Waals surface area contributed by atoms with Crippen molar-refractivity contribution in [3.63, 3.8) is 0 Å². The number of rotatable bonds is 1. The zero-order chi connectivity index (χ0) is 11.9. The van der Waals surface area contributed by atoms with E-state index in [0.717, 1.165) is 16.5 Å². The molecule has 0 aliphatic carbocycles. The molecule has 2 rings (SSSR count). The monoisotopic (exact) mass is 254 g/mol. The third-order valence-corrected chi connectivity index (χ3v) is 3.24. The summed E-state index contributed by atoms with van der Waals surface area (Å²) in [6.45, 7) is 8.28. The van der Waals surface area contributed by atoms with Gasteiger partial charge in [-0.05, 0) is 39.9 Å². The quantitative estimate of drug-likeness (QED) is 0.795. The summed E-state index contributed by atoms with van der Waals surface area (Å²) in [5.41, 5.74) is 0.779. The highest BCUT2D eigenvalue weighted by atomic mass is 32.1. The average molecular weight is 254 g/mol. The molecular weight excluding hydrogens is 240 g/mol. The molecule has 16 heavy (non-hydrogen) atoms. The molecule has 0 saturated carbocycles. The predicted molar refractivity (Wildman–Crippen MR) is 68.3 cm³/mol. The zero-order valence-corrected chi connectivity index (χ0v) is 11.4. The third kappa shape index (κ3) is 1.94. The third-order valence-electron chi connectivity index (χ3n) is 2.19. The first kappa shape index (κ1) is 11.5. The number of hydrogen-bond donors (Lipinski definition) is 1. The first-order valence-corrected chi connectivity index (χ1v) is 6.29. The fourth-order valence-corrected chi connectivity index (χ4v) is 2.55. The van der Waals surface area contributed by atoms with Crippen LogP contribution in [0.1, 0.15) is 25.8 Å². The lowest BCUT2D eigenvalue weighted by Gasteiger charge is -2.21. The number of hydrogen-bond acceptors (Lipinski definition) is 4. The molecule has 0 saturated heterocycles. The molecule has 0 amide bonds. The van der Waals surface area contributed by atoms with Crippen LogP contribution in [0.2, 0.25) is 0 Å². The SMILES string of the molecule is Cc1nc(-c2n[nH]c(=S)n2C(C)(C)C)cs1. The van der Waals surface area contributed by atoms with Crippen molar-refractivity contribution in [2.24, 2.45) is 0 Å². The summed E-state index contributed by atoms with van der Waals surface area (Å²) >= 11 is 6.86. The summed E-state index contributed by atoms with van der Waals surface area (Å²) in [4.78, 5) is 4.44. The molecule has 0 unspecified atom stereocenters. The molecule has 0 radical (unpaired) electrons. The van der Waals surface area contributed by atoms with Crippen LogP contribution in [-0.2, 0) is 5.54 Å². The average Bonchev–Trinajstić information content (AvgIpc) is 2.70. The normalized spacial score (nSPS) is 12.0. The van der Waals surface area contributed by atoms with Gasteiger partial charge in [0.2, 0.25) is 0 Å². The summed E-state index contributed by atoms with van der Waals surface area (Å²) < 4.78 is 2.63. The van der Waals surface area contributed by atoms with Crippen molar-refractivity contribution in [1.82, 2.24) is 19.7 Å². The molecule has 0 bridgehead atoms. The van der Waals surface area contributed by atoms with E-state index in [0.29, 0.717) is 4.77 Å². The Kier molecular flexibility index (Phi) is 2.71. The lowest BCUT2D eigenvalue weighted by molar-refractivity contribution is 0.395. The van der Waals surface area contributed by atoms with Crippen LogP contribution in [-0.4, -0.2) is 19.7 Å². The van der Waals surface area contributed by atoms with Crippen molar-refractivity contribution in [3.8, 4) is 11.5 Å². The molecule has 0 aromatic carbocycles. The fraction of sp³-hybridized carbons (Fsp3) is 0.500. The molecule has 86 valence electrons. The van der Waals surface area contributed by atoms with Crippen LogP contribution in [0, 0.1) is 11.7 Å². The molecule has 0 aliphatic rings. The number of nitrogens with one attached hydrogen (secondary N) is 1. The van der Waals surface area contributed by atoms with E-state index < -0.39 is 0 Å². The number of aromatic amines is 1. The van der Waals surface area contributed by atoms with Crippen LogP contribution in [0.15, 0.2) is 5.38 Å². The van der Waals surface area contributed by atoms with Gasteiger partial charge in [0, 0.05) is 10.9 Å². The van der Waals surface area contributed by atoms with Crippen LogP contribution < -0.4 is 0 Å². The Labute approximate surface area is 103 Å². The van der Waals surface area contributed by atoms with Gasteiger partial charge in [-0.1, -0.05) is 0 Å². The van der Waals surface area contributed by atoms with E-state index in [9.17, 15) is 0 Å². The standard InChI is InChI=1S/C10H14N4S2/c1-6-11-7(5-16-6)8-12-13-9(15)14(8)10(2,3)4/h5H,1-4H3,(H,13,15).